The lowest BCUT2D eigenvalue weighted by Crippen LogP contribution is -2.05. The second-order valence-electron chi connectivity index (χ2n) is 4.46. The van der Waals surface area contributed by atoms with E-state index in [-0.39, 0.29) is 5.78 Å². The first-order valence-corrected chi connectivity index (χ1v) is 5.77. The number of benzene rings is 2. The Balaban J connectivity index is 2.51. The lowest BCUT2D eigenvalue weighted by molar-refractivity contribution is 0.103. The van der Waals surface area contributed by atoms with Crippen LogP contribution in [-0.2, 0) is 0 Å². The van der Waals surface area contributed by atoms with Crippen LogP contribution in [0.4, 0.5) is 0 Å². The van der Waals surface area contributed by atoms with E-state index in [0.717, 1.165) is 27.8 Å². The third kappa shape index (κ3) is 2.28. The molecule has 0 saturated carbocycles. The standard InChI is InChI=1S/C16H16O/c1-11-8-9-13(3)15(10-11)16(17)14-7-5-4-6-12(14)2/h4-10H,1-3H3. The van der Waals surface area contributed by atoms with E-state index in [9.17, 15) is 4.79 Å². The Morgan fingerprint density at radius 3 is 2.18 bits per heavy atom. The van der Waals surface area contributed by atoms with Crippen LogP contribution >= 0.6 is 0 Å². The van der Waals surface area contributed by atoms with Gasteiger partial charge in [-0.05, 0) is 38.0 Å². The van der Waals surface area contributed by atoms with Gasteiger partial charge in [0, 0.05) is 11.1 Å². The van der Waals surface area contributed by atoms with E-state index < -0.39 is 0 Å². The van der Waals surface area contributed by atoms with Crippen LogP contribution in [0.5, 0.6) is 0 Å². The van der Waals surface area contributed by atoms with E-state index in [4.69, 9.17) is 0 Å². The quantitative estimate of drug-likeness (QED) is 0.708. The van der Waals surface area contributed by atoms with Gasteiger partial charge in [0.1, 0.15) is 0 Å². The molecule has 0 amide bonds. The number of carbonyl (C=O) groups excluding carboxylic acids is 1. The fourth-order valence-electron chi connectivity index (χ4n) is 1.95. The Hall–Kier alpha value is -1.89. The molecule has 0 saturated heterocycles. The van der Waals surface area contributed by atoms with Crippen LogP contribution in [0.15, 0.2) is 42.5 Å². The van der Waals surface area contributed by atoms with Crippen molar-refractivity contribution < 1.29 is 4.79 Å². The highest BCUT2D eigenvalue weighted by Gasteiger charge is 2.13. The molecular weight excluding hydrogens is 208 g/mol. The molecule has 0 heterocycles. The van der Waals surface area contributed by atoms with Crippen LogP contribution in [0.3, 0.4) is 0 Å². The molecule has 0 fully saturated rings. The number of aryl methyl sites for hydroxylation is 3. The first-order valence-electron chi connectivity index (χ1n) is 5.77. The van der Waals surface area contributed by atoms with Gasteiger partial charge in [0.2, 0.25) is 0 Å². The molecule has 0 atom stereocenters. The number of carbonyl (C=O) groups is 1. The smallest absolute Gasteiger partial charge is 0.193 e. The second-order valence-corrected chi connectivity index (χ2v) is 4.46. The molecule has 0 bridgehead atoms. The molecule has 2 aromatic rings. The highest BCUT2D eigenvalue weighted by atomic mass is 16.1. The second kappa shape index (κ2) is 4.54. The number of hydrogen-bond acceptors (Lipinski definition) is 1. The molecule has 17 heavy (non-hydrogen) atoms. The number of ketones is 1. The van der Waals surface area contributed by atoms with E-state index in [1.165, 1.54) is 0 Å². The van der Waals surface area contributed by atoms with E-state index in [2.05, 4.69) is 0 Å². The highest BCUT2D eigenvalue weighted by Crippen LogP contribution is 2.18. The molecule has 0 spiro atoms. The molecule has 0 N–H and O–H groups in total. The molecule has 1 nitrogen and oxygen atoms in total. The maximum Gasteiger partial charge on any atom is 0.193 e. The summed E-state index contributed by atoms with van der Waals surface area (Å²) in [5.41, 5.74) is 4.77. The highest BCUT2D eigenvalue weighted by molar-refractivity contribution is 6.10. The Kier molecular flexibility index (Phi) is 3.10. The Bertz CT molecular complexity index is 567. The minimum atomic E-state index is 0.115. The van der Waals surface area contributed by atoms with Crippen molar-refractivity contribution in [2.45, 2.75) is 20.8 Å². The fraction of sp³-hybridized carbons (Fsp3) is 0.188. The van der Waals surface area contributed by atoms with Crippen LogP contribution in [0.1, 0.15) is 32.6 Å². The summed E-state index contributed by atoms with van der Waals surface area (Å²) in [6.07, 6.45) is 0. The largest absolute Gasteiger partial charge is 0.289 e. The van der Waals surface area contributed by atoms with Gasteiger partial charge < -0.3 is 0 Å². The first-order chi connectivity index (χ1) is 8.09. The van der Waals surface area contributed by atoms with E-state index >= 15 is 0 Å². The van der Waals surface area contributed by atoms with Gasteiger partial charge in [-0.15, -0.1) is 0 Å². The minimum Gasteiger partial charge on any atom is -0.289 e. The van der Waals surface area contributed by atoms with Gasteiger partial charge in [-0.2, -0.15) is 0 Å². The molecule has 0 aliphatic rings. The van der Waals surface area contributed by atoms with E-state index in [1.54, 1.807) is 0 Å². The summed E-state index contributed by atoms with van der Waals surface area (Å²) in [5, 5.41) is 0. The average molecular weight is 224 g/mol. The number of rotatable bonds is 2. The predicted octanol–water partition coefficient (Wildman–Crippen LogP) is 3.84. The summed E-state index contributed by atoms with van der Waals surface area (Å²) in [6.45, 7) is 5.96. The van der Waals surface area contributed by atoms with Crippen molar-refractivity contribution in [2.24, 2.45) is 0 Å². The van der Waals surface area contributed by atoms with Crippen molar-refractivity contribution in [1.29, 1.82) is 0 Å². The fourth-order valence-corrected chi connectivity index (χ4v) is 1.95. The van der Waals surface area contributed by atoms with Gasteiger partial charge in [0.15, 0.2) is 5.78 Å². The maximum atomic E-state index is 12.4. The van der Waals surface area contributed by atoms with Gasteiger partial charge >= 0.3 is 0 Å². The van der Waals surface area contributed by atoms with Gasteiger partial charge in [-0.25, -0.2) is 0 Å². The predicted molar refractivity (Wildman–Crippen MR) is 70.5 cm³/mol. The van der Waals surface area contributed by atoms with Crippen LogP contribution in [0.25, 0.3) is 0 Å². The molecule has 0 aliphatic carbocycles. The third-order valence-electron chi connectivity index (χ3n) is 3.03. The summed E-state index contributed by atoms with van der Waals surface area (Å²) < 4.78 is 0. The first kappa shape index (κ1) is 11.6. The Morgan fingerprint density at radius 1 is 0.824 bits per heavy atom. The monoisotopic (exact) mass is 224 g/mol. The molecule has 0 radical (unpaired) electrons. The Morgan fingerprint density at radius 2 is 1.47 bits per heavy atom. The van der Waals surface area contributed by atoms with Crippen molar-refractivity contribution in [3.63, 3.8) is 0 Å². The third-order valence-corrected chi connectivity index (χ3v) is 3.03. The molecule has 1 heteroatoms. The van der Waals surface area contributed by atoms with Crippen molar-refractivity contribution in [3.8, 4) is 0 Å². The average Bonchev–Trinajstić information content (AvgIpc) is 2.32. The lowest BCUT2D eigenvalue weighted by Gasteiger charge is -2.08. The van der Waals surface area contributed by atoms with Crippen molar-refractivity contribution in [2.75, 3.05) is 0 Å². The minimum absolute atomic E-state index is 0.115. The molecule has 0 aromatic heterocycles. The van der Waals surface area contributed by atoms with Crippen molar-refractivity contribution >= 4 is 5.78 Å². The number of hydrogen-bond donors (Lipinski definition) is 0. The van der Waals surface area contributed by atoms with Crippen LogP contribution in [0.2, 0.25) is 0 Å². The van der Waals surface area contributed by atoms with E-state index in [0.29, 0.717) is 0 Å². The van der Waals surface area contributed by atoms with Gasteiger partial charge in [0.25, 0.3) is 0 Å². The van der Waals surface area contributed by atoms with E-state index in [1.807, 2.05) is 63.2 Å². The lowest BCUT2D eigenvalue weighted by atomic mass is 9.95. The van der Waals surface area contributed by atoms with Crippen LogP contribution in [-0.4, -0.2) is 5.78 Å². The zero-order valence-corrected chi connectivity index (χ0v) is 10.4. The van der Waals surface area contributed by atoms with Gasteiger partial charge in [-0.3, -0.25) is 4.79 Å². The SMILES string of the molecule is Cc1ccc(C)c(C(=O)c2ccccc2C)c1. The van der Waals surface area contributed by atoms with Gasteiger partial charge in [0.05, 0.1) is 0 Å². The molecule has 0 aliphatic heterocycles. The maximum absolute atomic E-state index is 12.4. The Labute approximate surface area is 102 Å². The topological polar surface area (TPSA) is 17.1 Å². The molecular formula is C16H16O. The summed E-state index contributed by atoms with van der Waals surface area (Å²) in [7, 11) is 0. The molecule has 2 aromatic carbocycles. The van der Waals surface area contributed by atoms with Crippen molar-refractivity contribution in [1.82, 2.24) is 0 Å². The molecule has 86 valence electrons. The zero-order chi connectivity index (χ0) is 12.4. The molecule has 2 rings (SSSR count). The summed E-state index contributed by atoms with van der Waals surface area (Å²) in [6, 6.07) is 13.7. The zero-order valence-electron chi connectivity index (χ0n) is 10.4. The summed E-state index contributed by atoms with van der Waals surface area (Å²) in [5.74, 6) is 0.115. The van der Waals surface area contributed by atoms with Crippen LogP contribution in [0, 0.1) is 20.8 Å². The molecule has 0 unspecified atom stereocenters. The normalized spacial score (nSPS) is 10.3. The summed E-state index contributed by atoms with van der Waals surface area (Å²) >= 11 is 0. The van der Waals surface area contributed by atoms with Gasteiger partial charge in [-0.1, -0.05) is 42.0 Å². The van der Waals surface area contributed by atoms with Crippen molar-refractivity contribution in [3.05, 3.63) is 70.3 Å². The summed E-state index contributed by atoms with van der Waals surface area (Å²) in [4.78, 5) is 12.4. The van der Waals surface area contributed by atoms with Crippen LogP contribution < -0.4 is 0 Å².